The predicted octanol–water partition coefficient (Wildman–Crippen LogP) is 1.50. The highest BCUT2D eigenvalue weighted by Gasteiger charge is 2.25. The average Bonchev–Trinajstić information content (AvgIpc) is 2.73. The van der Waals surface area contributed by atoms with Crippen molar-refractivity contribution in [3.63, 3.8) is 0 Å². The summed E-state index contributed by atoms with van der Waals surface area (Å²) in [6.07, 6.45) is 1.38. The normalized spacial score (nSPS) is 12.9. The van der Waals surface area contributed by atoms with Crippen LogP contribution in [0.15, 0.2) is 18.5 Å². The predicted molar refractivity (Wildman–Crippen MR) is 65.9 cm³/mol. The van der Waals surface area contributed by atoms with Gasteiger partial charge in [0.1, 0.15) is 6.04 Å². The van der Waals surface area contributed by atoms with Gasteiger partial charge in [0.2, 0.25) is 0 Å². The van der Waals surface area contributed by atoms with Crippen LogP contribution in [0, 0.1) is 17.6 Å². The van der Waals surface area contributed by atoms with Crippen molar-refractivity contribution in [1.82, 2.24) is 15.0 Å². The molecule has 102 valence electrons. The zero-order valence-corrected chi connectivity index (χ0v) is 10.5. The summed E-state index contributed by atoms with van der Waals surface area (Å²) in [6.45, 7) is 3.65. The second kappa shape index (κ2) is 4.93. The number of halogens is 2. The van der Waals surface area contributed by atoms with E-state index in [4.69, 9.17) is 5.84 Å². The first-order valence-electron chi connectivity index (χ1n) is 5.77. The molecule has 1 aromatic carbocycles. The molecule has 1 aromatic heterocycles. The number of nitrogens with one attached hydrogen (secondary N) is 1. The summed E-state index contributed by atoms with van der Waals surface area (Å²) in [6, 6.07) is 1.38. The van der Waals surface area contributed by atoms with Crippen molar-refractivity contribution in [3.8, 4) is 0 Å². The smallest absolute Gasteiger partial charge is 0.257 e. The molecule has 0 aliphatic carbocycles. The Labute approximate surface area is 108 Å². The van der Waals surface area contributed by atoms with Gasteiger partial charge in [-0.05, 0) is 5.92 Å². The van der Waals surface area contributed by atoms with Crippen molar-refractivity contribution in [1.29, 1.82) is 0 Å². The molecule has 2 rings (SSSR count). The first-order chi connectivity index (χ1) is 8.95. The number of carbonyl (C=O) groups is 1. The molecule has 0 spiro atoms. The van der Waals surface area contributed by atoms with E-state index in [0.717, 1.165) is 12.1 Å². The zero-order chi connectivity index (χ0) is 14.2. The fourth-order valence-electron chi connectivity index (χ4n) is 2.08. The molecule has 1 heterocycles. The second-order valence-corrected chi connectivity index (χ2v) is 4.60. The van der Waals surface area contributed by atoms with E-state index in [0.29, 0.717) is 5.52 Å². The Bertz CT molecular complexity index is 623. The van der Waals surface area contributed by atoms with E-state index in [1.807, 2.05) is 13.8 Å². The fourth-order valence-corrected chi connectivity index (χ4v) is 2.08. The molecule has 1 unspecified atom stereocenters. The summed E-state index contributed by atoms with van der Waals surface area (Å²) in [5.74, 6) is 2.69. The molecule has 0 saturated heterocycles. The Morgan fingerprint density at radius 3 is 2.58 bits per heavy atom. The van der Waals surface area contributed by atoms with Gasteiger partial charge in [0, 0.05) is 12.1 Å². The molecule has 5 nitrogen and oxygen atoms in total. The van der Waals surface area contributed by atoms with Crippen molar-refractivity contribution in [3.05, 3.63) is 30.1 Å². The van der Waals surface area contributed by atoms with Crippen LogP contribution < -0.4 is 11.3 Å². The minimum absolute atomic E-state index is 0.0888. The van der Waals surface area contributed by atoms with Crippen LogP contribution in [-0.2, 0) is 4.79 Å². The van der Waals surface area contributed by atoms with Crippen LogP contribution in [0.2, 0.25) is 0 Å². The first kappa shape index (κ1) is 13.4. The van der Waals surface area contributed by atoms with Gasteiger partial charge in [-0.15, -0.1) is 0 Å². The van der Waals surface area contributed by atoms with Gasteiger partial charge in [0.05, 0.1) is 17.4 Å². The largest absolute Gasteiger partial charge is 0.318 e. The quantitative estimate of drug-likeness (QED) is 0.503. The lowest BCUT2D eigenvalue weighted by molar-refractivity contribution is -0.125. The van der Waals surface area contributed by atoms with Gasteiger partial charge in [-0.3, -0.25) is 10.2 Å². The third kappa shape index (κ3) is 2.28. The highest BCUT2D eigenvalue weighted by Crippen LogP contribution is 2.25. The van der Waals surface area contributed by atoms with Crippen molar-refractivity contribution < 1.29 is 13.6 Å². The van der Waals surface area contributed by atoms with Crippen LogP contribution in [-0.4, -0.2) is 15.5 Å². The van der Waals surface area contributed by atoms with Crippen LogP contribution in [0.25, 0.3) is 11.0 Å². The van der Waals surface area contributed by atoms with Crippen molar-refractivity contribution in [2.45, 2.75) is 19.9 Å². The number of hydrazine groups is 1. The van der Waals surface area contributed by atoms with Crippen molar-refractivity contribution in [2.75, 3.05) is 0 Å². The number of nitrogens with zero attached hydrogens (tertiary/aromatic N) is 2. The SMILES string of the molecule is CC(C)C(C(=O)NN)n1cnc2cc(F)c(F)cc21. The monoisotopic (exact) mass is 268 g/mol. The van der Waals surface area contributed by atoms with Gasteiger partial charge in [-0.1, -0.05) is 13.8 Å². The van der Waals surface area contributed by atoms with Crippen LogP contribution in [0.3, 0.4) is 0 Å². The molecule has 19 heavy (non-hydrogen) atoms. The van der Waals surface area contributed by atoms with Crippen LogP contribution in [0.1, 0.15) is 19.9 Å². The molecule has 1 atom stereocenters. The molecule has 0 saturated carbocycles. The molecule has 7 heteroatoms. The number of carbonyl (C=O) groups excluding carboxylic acids is 1. The van der Waals surface area contributed by atoms with Gasteiger partial charge in [0.15, 0.2) is 11.6 Å². The fraction of sp³-hybridized carbons (Fsp3) is 0.333. The Morgan fingerprint density at radius 1 is 1.37 bits per heavy atom. The van der Waals surface area contributed by atoms with E-state index in [-0.39, 0.29) is 11.4 Å². The van der Waals surface area contributed by atoms with E-state index in [1.54, 1.807) is 0 Å². The van der Waals surface area contributed by atoms with Crippen LogP contribution in [0.4, 0.5) is 8.78 Å². The topological polar surface area (TPSA) is 72.9 Å². The maximum Gasteiger partial charge on any atom is 0.257 e. The highest BCUT2D eigenvalue weighted by molar-refractivity contribution is 5.83. The Kier molecular flexibility index (Phi) is 3.48. The first-order valence-corrected chi connectivity index (χ1v) is 5.77. The van der Waals surface area contributed by atoms with E-state index in [1.165, 1.54) is 10.9 Å². The average molecular weight is 268 g/mol. The lowest BCUT2D eigenvalue weighted by Gasteiger charge is -2.21. The third-order valence-electron chi connectivity index (χ3n) is 2.96. The Morgan fingerprint density at radius 2 is 2.00 bits per heavy atom. The molecule has 0 aliphatic heterocycles. The summed E-state index contributed by atoms with van der Waals surface area (Å²) in [4.78, 5) is 15.8. The van der Waals surface area contributed by atoms with Gasteiger partial charge < -0.3 is 4.57 Å². The number of aromatic nitrogens is 2. The molecular formula is C12H14F2N4O. The molecule has 0 bridgehead atoms. The molecule has 2 aromatic rings. The number of hydrogen-bond donors (Lipinski definition) is 2. The summed E-state index contributed by atoms with van der Waals surface area (Å²) in [5, 5.41) is 0. The summed E-state index contributed by atoms with van der Waals surface area (Å²) >= 11 is 0. The van der Waals surface area contributed by atoms with Crippen molar-refractivity contribution >= 4 is 16.9 Å². The number of hydrogen-bond acceptors (Lipinski definition) is 3. The number of benzene rings is 1. The Balaban J connectivity index is 2.61. The van der Waals surface area contributed by atoms with E-state index >= 15 is 0 Å². The zero-order valence-electron chi connectivity index (χ0n) is 10.5. The van der Waals surface area contributed by atoms with Crippen molar-refractivity contribution in [2.24, 2.45) is 11.8 Å². The van der Waals surface area contributed by atoms with E-state index < -0.39 is 23.6 Å². The molecular weight excluding hydrogens is 254 g/mol. The minimum atomic E-state index is -0.982. The van der Waals surface area contributed by atoms with Gasteiger partial charge in [-0.25, -0.2) is 19.6 Å². The Hall–Kier alpha value is -2.02. The lowest BCUT2D eigenvalue weighted by Crippen LogP contribution is -2.39. The summed E-state index contributed by atoms with van der Waals surface area (Å²) in [7, 11) is 0. The summed E-state index contributed by atoms with van der Waals surface area (Å²) < 4.78 is 27.9. The molecule has 0 aliphatic rings. The summed E-state index contributed by atoms with van der Waals surface area (Å²) in [5.41, 5.74) is 2.70. The third-order valence-corrected chi connectivity index (χ3v) is 2.96. The van der Waals surface area contributed by atoms with Gasteiger partial charge in [0.25, 0.3) is 5.91 Å². The standard InChI is InChI=1S/C12H14F2N4O/c1-6(2)11(12(19)17-15)18-5-16-9-3-7(13)8(14)4-10(9)18/h3-6,11H,15H2,1-2H3,(H,17,19). The number of fused-ring (bicyclic) bond motifs is 1. The number of amides is 1. The maximum atomic E-state index is 13.3. The van der Waals surface area contributed by atoms with E-state index in [2.05, 4.69) is 10.4 Å². The number of imidazole rings is 1. The number of nitrogens with two attached hydrogens (primary N) is 1. The molecule has 3 N–H and O–H groups in total. The minimum Gasteiger partial charge on any atom is -0.318 e. The molecule has 0 fully saturated rings. The highest BCUT2D eigenvalue weighted by atomic mass is 19.2. The van der Waals surface area contributed by atoms with Crippen LogP contribution >= 0.6 is 0 Å². The molecule has 0 radical (unpaired) electrons. The second-order valence-electron chi connectivity index (χ2n) is 4.60. The molecule has 1 amide bonds. The lowest BCUT2D eigenvalue weighted by atomic mass is 10.0. The maximum absolute atomic E-state index is 13.3. The van der Waals surface area contributed by atoms with Gasteiger partial charge in [-0.2, -0.15) is 0 Å². The van der Waals surface area contributed by atoms with E-state index in [9.17, 15) is 13.6 Å². The van der Waals surface area contributed by atoms with Crippen LogP contribution in [0.5, 0.6) is 0 Å². The number of rotatable bonds is 3. The van der Waals surface area contributed by atoms with Gasteiger partial charge >= 0.3 is 0 Å².